The number of carboxylic acid groups (broad SMARTS) is 1. The smallest absolute Gasteiger partial charge is 0.323 e. The molecule has 0 amide bonds. The van der Waals surface area contributed by atoms with Gasteiger partial charge in [0, 0.05) is 17.7 Å². The first-order valence-corrected chi connectivity index (χ1v) is 6.60. The van der Waals surface area contributed by atoms with E-state index in [0.717, 1.165) is 17.7 Å². The van der Waals surface area contributed by atoms with Gasteiger partial charge in [0.25, 0.3) is 0 Å². The van der Waals surface area contributed by atoms with Gasteiger partial charge in [-0.2, -0.15) is 0 Å². The van der Waals surface area contributed by atoms with Crippen LogP contribution in [0.25, 0.3) is 22.4 Å². The number of benzene rings is 2. The second kappa shape index (κ2) is 5.22. The van der Waals surface area contributed by atoms with Crippen molar-refractivity contribution in [2.75, 3.05) is 0 Å². The number of aryl methyl sites for hydroxylation is 1. The lowest BCUT2D eigenvalue weighted by Gasteiger charge is -2.07. The summed E-state index contributed by atoms with van der Waals surface area (Å²) in [5, 5.41) is 9.08. The van der Waals surface area contributed by atoms with Crippen LogP contribution in [0.4, 0.5) is 8.78 Å². The Balaban J connectivity index is 2.30. The third kappa shape index (κ3) is 2.43. The fourth-order valence-corrected chi connectivity index (χ4v) is 2.42. The highest BCUT2D eigenvalue weighted by Gasteiger charge is 2.17. The summed E-state index contributed by atoms with van der Waals surface area (Å²) in [6, 6.07) is 9.27. The number of nitrogens with zero attached hydrogens (tertiary/aromatic N) is 2. The highest BCUT2D eigenvalue weighted by molar-refractivity contribution is 5.83. The van der Waals surface area contributed by atoms with Gasteiger partial charge in [0.2, 0.25) is 0 Å². The largest absolute Gasteiger partial charge is 0.480 e. The zero-order chi connectivity index (χ0) is 15.9. The van der Waals surface area contributed by atoms with Gasteiger partial charge in [-0.25, -0.2) is 13.8 Å². The maximum absolute atomic E-state index is 13.5. The number of hydrogen-bond acceptors (Lipinski definition) is 2. The number of imidazole rings is 1. The molecule has 22 heavy (non-hydrogen) atoms. The topological polar surface area (TPSA) is 55.1 Å². The Hall–Kier alpha value is -2.76. The number of rotatable bonds is 3. The van der Waals surface area contributed by atoms with Crippen molar-refractivity contribution in [3.8, 4) is 11.4 Å². The van der Waals surface area contributed by atoms with Gasteiger partial charge in [0.1, 0.15) is 12.4 Å². The second-order valence-corrected chi connectivity index (χ2v) is 5.04. The summed E-state index contributed by atoms with van der Waals surface area (Å²) in [5.41, 5.74) is 2.14. The van der Waals surface area contributed by atoms with Crippen LogP contribution in [-0.4, -0.2) is 20.6 Å². The van der Waals surface area contributed by atoms with Gasteiger partial charge in [-0.15, -0.1) is 0 Å². The Morgan fingerprint density at radius 2 is 1.95 bits per heavy atom. The molecule has 112 valence electrons. The van der Waals surface area contributed by atoms with E-state index in [4.69, 9.17) is 5.11 Å². The van der Waals surface area contributed by atoms with Gasteiger partial charge in [-0.05, 0) is 13.0 Å². The van der Waals surface area contributed by atoms with Gasteiger partial charge in [0.15, 0.2) is 11.6 Å². The van der Waals surface area contributed by atoms with Crippen molar-refractivity contribution in [2.45, 2.75) is 13.5 Å². The van der Waals surface area contributed by atoms with Gasteiger partial charge >= 0.3 is 5.97 Å². The van der Waals surface area contributed by atoms with E-state index in [1.54, 1.807) is 6.07 Å². The molecule has 0 spiro atoms. The third-order valence-corrected chi connectivity index (χ3v) is 3.36. The van der Waals surface area contributed by atoms with Crippen LogP contribution in [-0.2, 0) is 11.3 Å². The molecule has 0 fully saturated rings. The van der Waals surface area contributed by atoms with Gasteiger partial charge in [-0.1, -0.05) is 23.8 Å². The second-order valence-electron chi connectivity index (χ2n) is 5.04. The zero-order valence-electron chi connectivity index (χ0n) is 11.7. The maximum Gasteiger partial charge on any atom is 0.323 e. The molecule has 0 atom stereocenters. The van der Waals surface area contributed by atoms with Crippen molar-refractivity contribution in [3.05, 3.63) is 53.6 Å². The molecule has 1 heterocycles. The highest BCUT2D eigenvalue weighted by atomic mass is 19.2. The number of carboxylic acids is 1. The summed E-state index contributed by atoms with van der Waals surface area (Å²) in [6.07, 6.45) is 0. The molecule has 0 bridgehead atoms. The van der Waals surface area contributed by atoms with Crippen LogP contribution in [0.2, 0.25) is 0 Å². The van der Waals surface area contributed by atoms with E-state index in [1.165, 1.54) is 4.57 Å². The number of aliphatic carboxylic acids is 1. The number of aromatic nitrogens is 2. The predicted molar refractivity (Wildman–Crippen MR) is 77.5 cm³/mol. The van der Waals surface area contributed by atoms with E-state index in [1.807, 2.05) is 25.1 Å². The Labute approximate surface area is 124 Å². The quantitative estimate of drug-likeness (QED) is 0.807. The van der Waals surface area contributed by atoms with Crippen molar-refractivity contribution < 1.29 is 18.7 Å². The first-order chi connectivity index (χ1) is 10.5. The van der Waals surface area contributed by atoms with Crippen molar-refractivity contribution in [1.82, 2.24) is 9.55 Å². The normalized spacial score (nSPS) is 11.0. The molecule has 0 aliphatic rings. The molecule has 0 radical (unpaired) electrons. The van der Waals surface area contributed by atoms with Gasteiger partial charge < -0.3 is 9.67 Å². The molecule has 0 aliphatic heterocycles. The van der Waals surface area contributed by atoms with E-state index in [2.05, 4.69) is 4.98 Å². The summed E-state index contributed by atoms with van der Waals surface area (Å²) in [4.78, 5) is 15.4. The van der Waals surface area contributed by atoms with Gasteiger partial charge in [0.05, 0.1) is 11.0 Å². The molecule has 6 heteroatoms. The fourth-order valence-electron chi connectivity index (χ4n) is 2.42. The van der Waals surface area contributed by atoms with Crippen LogP contribution in [0.1, 0.15) is 5.56 Å². The van der Waals surface area contributed by atoms with Crippen molar-refractivity contribution >= 4 is 17.0 Å². The minimum absolute atomic E-state index is 0.219. The number of hydrogen-bond donors (Lipinski definition) is 1. The van der Waals surface area contributed by atoms with E-state index in [9.17, 15) is 13.6 Å². The van der Waals surface area contributed by atoms with Gasteiger partial charge in [-0.3, -0.25) is 4.79 Å². The number of halogens is 2. The lowest BCUT2D eigenvalue weighted by atomic mass is 10.1. The van der Waals surface area contributed by atoms with Crippen LogP contribution in [0.3, 0.4) is 0 Å². The summed E-state index contributed by atoms with van der Waals surface area (Å²) in [6.45, 7) is 1.51. The average molecular weight is 302 g/mol. The SMILES string of the molecule is Cc1cccc(-c2nc3cc(F)c(F)cc3n2CC(=O)O)c1. The Kier molecular flexibility index (Phi) is 3.36. The monoisotopic (exact) mass is 302 g/mol. The number of fused-ring (bicyclic) bond motifs is 1. The summed E-state index contributed by atoms with van der Waals surface area (Å²) in [7, 11) is 0. The van der Waals surface area contributed by atoms with E-state index in [-0.39, 0.29) is 17.6 Å². The van der Waals surface area contributed by atoms with Crippen molar-refractivity contribution in [3.63, 3.8) is 0 Å². The Morgan fingerprint density at radius 3 is 2.64 bits per heavy atom. The molecular weight excluding hydrogens is 290 g/mol. The molecule has 1 aromatic heterocycles. The average Bonchev–Trinajstić information content (AvgIpc) is 2.77. The Morgan fingerprint density at radius 1 is 1.23 bits per heavy atom. The predicted octanol–water partition coefficient (Wildman–Crippen LogP) is 3.37. The van der Waals surface area contributed by atoms with E-state index in [0.29, 0.717) is 11.4 Å². The lowest BCUT2D eigenvalue weighted by molar-refractivity contribution is -0.137. The van der Waals surface area contributed by atoms with Crippen molar-refractivity contribution in [1.29, 1.82) is 0 Å². The molecule has 1 N–H and O–H groups in total. The first kappa shape index (κ1) is 14.2. The number of carbonyl (C=O) groups is 1. The summed E-state index contributed by atoms with van der Waals surface area (Å²) < 4.78 is 28.2. The highest BCUT2D eigenvalue weighted by Crippen LogP contribution is 2.27. The molecule has 0 aliphatic carbocycles. The van der Waals surface area contributed by atoms with Crippen LogP contribution in [0.5, 0.6) is 0 Å². The summed E-state index contributed by atoms with van der Waals surface area (Å²) in [5.74, 6) is -2.76. The van der Waals surface area contributed by atoms with Crippen LogP contribution < -0.4 is 0 Å². The van der Waals surface area contributed by atoms with Crippen LogP contribution >= 0.6 is 0 Å². The van der Waals surface area contributed by atoms with Crippen LogP contribution in [0, 0.1) is 18.6 Å². The standard InChI is InChI=1S/C16H12F2N2O2/c1-9-3-2-4-10(5-9)16-19-13-6-11(17)12(18)7-14(13)20(16)8-15(21)22/h2-7H,8H2,1H3,(H,21,22). The van der Waals surface area contributed by atoms with Crippen LogP contribution in [0.15, 0.2) is 36.4 Å². The molecule has 0 saturated heterocycles. The molecule has 2 aromatic carbocycles. The lowest BCUT2D eigenvalue weighted by Crippen LogP contribution is -2.10. The Bertz CT molecular complexity index is 887. The van der Waals surface area contributed by atoms with Crippen molar-refractivity contribution in [2.24, 2.45) is 0 Å². The minimum atomic E-state index is -1.09. The summed E-state index contributed by atoms with van der Waals surface area (Å²) >= 11 is 0. The zero-order valence-corrected chi connectivity index (χ0v) is 11.7. The molecule has 0 saturated carbocycles. The fraction of sp³-hybridized carbons (Fsp3) is 0.125. The minimum Gasteiger partial charge on any atom is -0.480 e. The van der Waals surface area contributed by atoms with E-state index >= 15 is 0 Å². The molecule has 3 rings (SSSR count). The first-order valence-electron chi connectivity index (χ1n) is 6.60. The molecular formula is C16H12F2N2O2. The van der Waals surface area contributed by atoms with E-state index < -0.39 is 17.6 Å². The molecule has 4 nitrogen and oxygen atoms in total. The molecule has 0 unspecified atom stereocenters. The molecule has 3 aromatic rings. The third-order valence-electron chi connectivity index (χ3n) is 3.36. The maximum atomic E-state index is 13.5.